The van der Waals surface area contributed by atoms with Crippen molar-refractivity contribution >= 4 is 17.6 Å². The SMILES string of the molecule is COCCN1C(=O)NC2(C1=O)c1cc(N)ccc1CC21CCC(OC)CC1. The Labute approximate surface area is 159 Å². The third-order valence-corrected chi connectivity index (χ3v) is 6.71. The zero-order valence-electron chi connectivity index (χ0n) is 15.9. The molecule has 3 N–H and O–H groups in total. The first-order valence-corrected chi connectivity index (χ1v) is 9.52. The van der Waals surface area contributed by atoms with E-state index in [2.05, 4.69) is 5.32 Å². The van der Waals surface area contributed by atoms with Crippen molar-refractivity contribution in [1.82, 2.24) is 10.2 Å². The first-order valence-electron chi connectivity index (χ1n) is 9.52. The largest absolute Gasteiger partial charge is 0.399 e. The fraction of sp³-hybridized carbons (Fsp3) is 0.600. The van der Waals surface area contributed by atoms with E-state index in [4.69, 9.17) is 15.2 Å². The van der Waals surface area contributed by atoms with Gasteiger partial charge in [0.25, 0.3) is 5.91 Å². The van der Waals surface area contributed by atoms with Gasteiger partial charge in [0, 0.05) is 25.3 Å². The number of hydrogen-bond acceptors (Lipinski definition) is 5. The standard InChI is InChI=1S/C20H27N3O4/c1-26-10-9-23-17(24)20(22-18(23)25)16-11-14(21)4-3-13(16)12-19(20)7-5-15(27-2)6-8-19/h3-4,11,15H,5-10,12,21H2,1-2H3,(H,22,25). The normalized spacial score (nSPS) is 32.4. The van der Waals surface area contributed by atoms with Crippen molar-refractivity contribution in [2.75, 3.05) is 33.1 Å². The van der Waals surface area contributed by atoms with E-state index in [1.807, 2.05) is 18.2 Å². The molecule has 1 unspecified atom stereocenters. The molecule has 2 fully saturated rings. The number of imide groups is 1. The number of urea groups is 1. The first-order chi connectivity index (χ1) is 13.0. The Morgan fingerprint density at radius 3 is 2.67 bits per heavy atom. The number of carbonyl (C=O) groups excluding carboxylic acids is 2. The van der Waals surface area contributed by atoms with Crippen LogP contribution >= 0.6 is 0 Å². The van der Waals surface area contributed by atoms with Crippen LogP contribution in [0.25, 0.3) is 0 Å². The molecule has 7 nitrogen and oxygen atoms in total. The van der Waals surface area contributed by atoms with Gasteiger partial charge < -0.3 is 20.5 Å². The molecule has 2 spiro atoms. The van der Waals surface area contributed by atoms with Crippen molar-refractivity contribution < 1.29 is 19.1 Å². The molecular formula is C20H27N3O4. The lowest BCUT2D eigenvalue weighted by molar-refractivity contribution is -0.139. The fourth-order valence-electron chi connectivity index (χ4n) is 5.32. The van der Waals surface area contributed by atoms with Gasteiger partial charge >= 0.3 is 6.03 Å². The van der Waals surface area contributed by atoms with Crippen molar-refractivity contribution in [2.45, 2.75) is 43.7 Å². The molecule has 1 aromatic carbocycles. The van der Waals surface area contributed by atoms with Crippen molar-refractivity contribution in [3.8, 4) is 0 Å². The molecule has 3 amide bonds. The number of hydrogen-bond donors (Lipinski definition) is 2. The summed E-state index contributed by atoms with van der Waals surface area (Å²) in [5.74, 6) is -0.176. The number of nitrogens with one attached hydrogen (secondary N) is 1. The van der Waals surface area contributed by atoms with Gasteiger partial charge in [0.15, 0.2) is 5.54 Å². The minimum atomic E-state index is -1.04. The van der Waals surface area contributed by atoms with Crippen molar-refractivity contribution in [3.63, 3.8) is 0 Å². The second-order valence-electron chi connectivity index (χ2n) is 7.94. The smallest absolute Gasteiger partial charge is 0.325 e. The number of benzene rings is 1. The molecule has 1 aliphatic heterocycles. The molecule has 4 rings (SSSR count). The molecule has 7 heteroatoms. The van der Waals surface area contributed by atoms with E-state index in [-0.39, 0.29) is 30.0 Å². The zero-order valence-corrected chi connectivity index (χ0v) is 15.9. The van der Waals surface area contributed by atoms with Crippen LogP contribution in [0.1, 0.15) is 36.8 Å². The Morgan fingerprint density at radius 1 is 1.26 bits per heavy atom. The minimum Gasteiger partial charge on any atom is -0.399 e. The molecule has 0 aromatic heterocycles. The molecule has 146 valence electrons. The number of amides is 3. The summed E-state index contributed by atoms with van der Waals surface area (Å²) in [6.07, 6.45) is 4.38. The molecule has 0 radical (unpaired) electrons. The van der Waals surface area contributed by atoms with E-state index in [0.29, 0.717) is 12.3 Å². The maximum atomic E-state index is 13.7. The maximum Gasteiger partial charge on any atom is 0.325 e. The Kier molecular flexibility index (Phi) is 4.39. The summed E-state index contributed by atoms with van der Waals surface area (Å²) in [7, 11) is 3.30. The van der Waals surface area contributed by atoms with Crippen LogP contribution in [0.3, 0.4) is 0 Å². The van der Waals surface area contributed by atoms with E-state index in [0.717, 1.165) is 43.2 Å². The predicted octanol–water partition coefficient (Wildman–Crippen LogP) is 1.79. The third-order valence-electron chi connectivity index (χ3n) is 6.71. The van der Waals surface area contributed by atoms with Gasteiger partial charge in [-0.05, 0) is 55.4 Å². The number of methoxy groups -OCH3 is 2. The summed E-state index contributed by atoms with van der Waals surface area (Å²) in [6.45, 7) is 0.565. The summed E-state index contributed by atoms with van der Waals surface area (Å²) in [6, 6.07) is 5.39. The number of ether oxygens (including phenoxy) is 2. The highest BCUT2D eigenvalue weighted by Crippen LogP contribution is 2.60. The highest BCUT2D eigenvalue weighted by molar-refractivity contribution is 6.09. The van der Waals surface area contributed by atoms with E-state index in [1.165, 1.54) is 4.90 Å². The van der Waals surface area contributed by atoms with Crippen LogP contribution in [-0.2, 0) is 26.2 Å². The summed E-state index contributed by atoms with van der Waals surface area (Å²) in [5.41, 5.74) is 7.24. The van der Waals surface area contributed by atoms with E-state index >= 15 is 0 Å². The molecule has 2 aliphatic carbocycles. The fourth-order valence-corrected chi connectivity index (χ4v) is 5.32. The van der Waals surface area contributed by atoms with E-state index in [9.17, 15) is 9.59 Å². The molecule has 1 atom stereocenters. The number of nitrogens with two attached hydrogens (primary N) is 1. The van der Waals surface area contributed by atoms with Crippen molar-refractivity contribution in [1.29, 1.82) is 0 Å². The molecule has 1 aromatic rings. The number of nitrogen functional groups attached to an aromatic ring is 1. The Morgan fingerprint density at radius 2 is 2.00 bits per heavy atom. The van der Waals surface area contributed by atoms with Crippen LogP contribution in [-0.4, -0.2) is 50.3 Å². The van der Waals surface area contributed by atoms with Crippen molar-refractivity contribution in [3.05, 3.63) is 29.3 Å². The Bertz CT molecular complexity index is 772. The van der Waals surface area contributed by atoms with Crippen LogP contribution in [0.5, 0.6) is 0 Å². The lowest BCUT2D eigenvalue weighted by atomic mass is 9.61. The summed E-state index contributed by atoms with van der Waals surface area (Å²) < 4.78 is 10.6. The molecule has 3 aliphatic rings. The molecular weight excluding hydrogens is 346 g/mol. The molecule has 1 saturated heterocycles. The van der Waals surface area contributed by atoms with Gasteiger partial charge in [0.1, 0.15) is 0 Å². The van der Waals surface area contributed by atoms with Gasteiger partial charge in [0.05, 0.1) is 19.3 Å². The van der Waals surface area contributed by atoms with Crippen LogP contribution in [0.2, 0.25) is 0 Å². The second kappa shape index (κ2) is 6.49. The summed E-state index contributed by atoms with van der Waals surface area (Å²) in [5, 5.41) is 3.10. The quantitative estimate of drug-likeness (QED) is 0.620. The summed E-state index contributed by atoms with van der Waals surface area (Å²) >= 11 is 0. The van der Waals surface area contributed by atoms with Crippen LogP contribution in [0.15, 0.2) is 18.2 Å². The molecule has 1 saturated carbocycles. The average Bonchev–Trinajstić information content (AvgIpc) is 3.07. The number of anilines is 1. The Hall–Kier alpha value is -2.12. The molecule has 27 heavy (non-hydrogen) atoms. The lowest BCUT2D eigenvalue weighted by Gasteiger charge is -2.46. The first kappa shape index (κ1) is 18.3. The van der Waals surface area contributed by atoms with Crippen LogP contribution in [0, 0.1) is 5.41 Å². The van der Waals surface area contributed by atoms with Gasteiger partial charge in [0.2, 0.25) is 0 Å². The topological polar surface area (TPSA) is 93.9 Å². The second-order valence-corrected chi connectivity index (χ2v) is 7.94. The monoisotopic (exact) mass is 373 g/mol. The highest BCUT2D eigenvalue weighted by atomic mass is 16.5. The Balaban J connectivity index is 1.80. The minimum absolute atomic E-state index is 0.176. The van der Waals surface area contributed by atoms with E-state index < -0.39 is 5.54 Å². The van der Waals surface area contributed by atoms with Gasteiger partial charge in [-0.25, -0.2) is 4.79 Å². The average molecular weight is 373 g/mol. The lowest BCUT2D eigenvalue weighted by Crippen LogP contribution is -2.56. The third kappa shape index (κ3) is 2.48. The van der Waals surface area contributed by atoms with Crippen LogP contribution in [0.4, 0.5) is 10.5 Å². The summed E-state index contributed by atoms with van der Waals surface area (Å²) in [4.78, 5) is 27.7. The number of rotatable bonds is 4. The zero-order chi connectivity index (χ0) is 19.2. The van der Waals surface area contributed by atoms with Gasteiger partial charge in [-0.3, -0.25) is 9.69 Å². The number of nitrogens with zero attached hydrogens (tertiary/aromatic N) is 1. The number of fused-ring (bicyclic) bond motifs is 3. The molecule has 0 bridgehead atoms. The van der Waals surface area contributed by atoms with Crippen molar-refractivity contribution in [2.24, 2.45) is 5.41 Å². The maximum absolute atomic E-state index is 13.7. The predicted molar refractivity (Wildman–Crippen MR) is 100 cm³/mol. The molecule has 1 heterocycles. The number of carbonyl (C=O) groups is 2. The van der Waals surface area contributed by atoms with Gasteiger partial charge in [-0.15, -0.1) is 0 Å². The van der Waals surface area contributed by atoms with Crippen LogP contribution < -0.4 is 11.1 Å². The van der Waals surface area contributed by atoms with Gasteiger partial charge in [-0.1, -0.05) is 6.07 Å². The highest BCUT2D eigenvalue weighted by Gasteiger charge is 2.68. The van der Waals surface area contributed by atoms with E-state index in [1.54, 1.807) is 14.2 Å². The van der Waals surface area contributed by atoms with Gasteiger partial charge in [-0.2, -0.15) is 0 Å².